The minimum atomic E-state index is 0.0219. The lowest BCUT2D eigenvalue weighted by molar-refractivity contribution is 0.499. The first-order valence-electron chi connectivity index (χ1n) is 7.30. The molecular formula is C19H19NO. The van der Waals surface area contributed by atoms with Gasteiger partial charge in [-0.2, -0.15) is 0 Å². The van der Waals surface area contributed by atoms with E-state index in [1.54, 1.807) is 6.26 Å². The number of hydrogen-bond donors (Lipinski definition) is 1. The third kappa shape index (κ3) is 3.16. The van der Waals surface area contributed by atoms with Crippen LogP contribution < -0.4 is 5.32 Å². The van der Waals surface area contributed by atoms with Crippen molar-refractivity contribution in [1.82, 2.24) is 0 Å². The molecule has 0 bridgehead atoms. The van der Waals surface area contributed by atoms with Gasteiger partial charge in [-0.3, -0.25) is 0 Å². The van der Waals surface area contributed by atoms with Gasteiger partial charge in [-0.15, -0.1) is 0 Å². The highest BCUT2D eigenvalue weighted by molar-refractivity contribution is 5.49. The highest BCUT2D eigenvalue weighted by atomic mass is 16.3. The number of aryl methyl sites for hydroxylation is 1. The molecule has 0 aliphatic heterocycles. The lowest BCUT2D eigenvalue weighted by Crippen LogP contribution is -2.11. The fraction of sp³-hybridized carbons (Fsp3) is 0.158. The Morgan fingerprint density at radius 2 is 1.67 bits per heavy atom. The van der Waals surface area contributed by atoms with Gasteiger partial charge in [-0.05, 0) is 41.8 Å². The van der Waals surface area contributed by atoms with Crippen LogP contribution in [0, 0.1) is 0 Å². The molecular weight excluding hydrogens is 258 g/mol. The SMILES string of the molecule is CCc1ccc(NC(c2ccccc2)c2ccco2)cc1. The number of rotatable bonds is 5. The monoisotopic (exact) mass is 277 g/mol. The minimum absolute atomic E-state index is 0.0219. The average molecular weight is 277 g/mol. The average Bonchev–Trinajstić information content (AvgIpc) is 3.08. The predicted molar refractivity (Wildman–Crippen MR) is 86.4 cm³/mol. The van der Waals surface area contributed by atoms with E-state index in [9.17, 15) is 0 Å². The van der Waals surface area contributed by atoms with Crippen LogP contribution in [0.5, 0.6) is 0 Å². The lowest BCUT2D eigenvalue weighted by atomic mass is 10.0. The Balaban J connectivity index is 1.89. The molecule has 0 aliphatic carbocycles. The van der Waals surface area contributed by atoms with Gasteiger partial charge in [0.2, 0.25) is 0 Å². The lowest BCUT2D eigenvalue weighted by Gasteiger charge is -2.18. The molecule has 0 aliphatic rings. The summed E-state index contributed by atoms with van der Waals surface area (Å²) in [7, 11) is 0. The number of benzene rings is 2. The summed E-state index contributed by atoms with van der Waals surface area (Å²) in [6.45, 7) is 2.16. The molecule has 106 valence electrons. The zero-order valence-corrected chi connectivity index (χ0v) is 12.1. The molecule has 0 saturated heterocycles. The van der Waals surface area contributed by atoms with Crippen molar-refractivity contribution < 1.29 is 4.42 Å². The quantitative estimate of drug-likeness (QED) is 0.706. The van der Waals surface area contributed by atoms with Gasteiger partial charge in [0.05, 0.1) is 6.26 Å². The number of anilines is 1. The first-order chi connectivity index (χ1) is 10.4. The number of furan rings is 1. The molecule has 1 atom stereocenters. The molecule has 1 aromatic heterocycles. The highest BCUT2D eigenvalue weighted by Gasteiger charge is 2.16. The fourth-order valence-corrected chi connectivity index (χ4v) is 2.42. The normalized spacial score (nSPS) is 12.0. The van der Waals surface area contributed by atoms with Crippen LogP contribution in [0.25, 0.3) is 0 Å². The third-order valence-corrected chi connectivity index (χ3v) is 3.63. The van der Waals surface area contributed by atoms with E-state index in [2.05, 4.69) is 48.6 Å². The van der Waals surface area contributed by atoms with Crippen LogP contribution in [0.1, 0.15) is 29.9 Å². The van der Waals surface area contributed by atoms with E-state index in [0.717, 1.165) is 17.9 Å². The third-order valence-electron chi connectivity index (χ3n) is 3.63. The van der Waals surface area contributed by atoms with E-state index in [1.807, 2.05) is 30.3 Å². The molecule has 1 N–H and O–H groups in total. The molecule has 3 aromatic rings. The van der Waals surface area contributed by atoms with Crippen LogP contribution in [-0.4, -0.2) is 0 Å². The number of nitrogens with one attached hydrogen (secondary N) is 1. The van der Waals surface area contributed by atoms with Crippen LogP contribution in [-0.2, 0) is 6.42 Å². The zero-order valence-electron chi connectivity index (χ0n) is 12.1. The van der Waals surface area contributed by atoms with Crippen LogP contribution in [0.2, 0.25) is 0 Å². The Labute approximate surface area is 125 Å². The molecule has 0 fully saturated rings. The maximum Gasteiger partial charge on any atom is 0.130 e. The standard InChI is InChI=1S/C19H19NO/c1-2-15-10-12-17(13-11-15)20-19(18-9-6-14-21-18)16-7-4-3-5-8-16/h3-14,19-20H,2H2,1H3. The molecule has 0 saturated carbocycles. The van der Waals surface area contributed by atoms with E-state index < -0.39 is 0 Å². The summed E-state index contributed by atoms with van der Waals surface area (Å²) in [4.78, 5) is 0. The second-order valence-corrected chi connectivity index (χ2v) is 5.05. The van der Waals surface area contributed by atoms with Crippen molar-refractivity contribution in [1.29, 1.82) is 0 Å². The second kappa shape index (κ2) is 6.31. The summed E-state index contributed by atoms with van der Waals surface area (Å²) in [5.41, 5.74) is 3.62. The van der Waals surface area contributed by atoms with Crippen LogP contribution in [0.4, 0.5) is 5.69 Å². The van der Waals surface area contributed by atoms with Crippen LogP contribution in [0.15, 0.2) is 77.4 Å². The van der Waals surface area contributed by atoms with Crippen molar-refractivity contribution in [3.8, 4) is 0 Å². The fourth-order valence-electron chi connectivity index (χ4n) is 2.42. The Morgan fingerprint density at radius 3 is 2.29 bits per heavy atom. The first kappa shape index (κ1) is 13.5. The Bertz CT molecular complexity index is 657. The summed E-state index contributed by atoms with van der Waals surface area (Å²) in [5, 5.41) is 3.56. The second-order valence-electron chi connectivity index (χ2n) is 5.05. The molecule has 21 heavy (non-hydrogen) atoms. The topological polar surface area (TPSA) is 25.2 Å². The maximum atomic E-state index is 5.60. The summed E-state index contributed by atoms with van der Waals surface area (Å²) in [6, 6.07) is 22.9. The van der Waals surface area contributed by atoms with Crippen LogP contribution >= 0.6 is 0 Å². The van der Waals surface area contributed by atoms with Gasteiger partial charge in [-0.1, -0.05) is 49.4 Å². The smallest absolute Gasteiger partial charge is 0.130 e. The van der Waals surface area contributed by atoms with Gasteiger partial charge in [-0.25, -0.2) is 0 Å². The molecule has 2 heteroatoms. The maximum absolute atomic E-state index is 5.60. The number of hydrogen-bond acceptors (Lipinski definition) is 2. The molecule has 2 nitrogen and oxygen atoms in total. The van der Waals surface area contributed by atoms with Crippen molar-refractivity contribution in [2.24, 2.45) is 0 Å². The van der Waals surface area contributed by atoms with Crippen molar-refractivity contribution >= 4 is 5.69 Å². The molecule has 0 amide bonds. The van der Waals surface area contributed by atoms with E-state index in [1.165, 1.54) is 11.1 Å². The summed E-state index contributed by atoms with van der Waals surface area (Å²) < 4.78 is 5.60. The van der Waals surface area contributed by atoms with Gasteiger partial charge in [0, 0.05) is 5.69 Å². The van der Waals surface area contributed by atoms with Gasteiger partial charge >= 0.3 is 0 Å². The van der Waals surface area contributed by atoms with E-state index in [-0.39, 0.29) is 6.04 Å². The minimum Gasteiger partial charge on any atom is -0.467 e. The molecule has 3 rings (SSSR count). The molecule has 0 spiro atoms. The predicted octanol–water partition coefficient (Wildman–Crippen LogP) is 5.04. The molecule has 1 heterocycles. The summed E-state index contributed by atoms with van der Waals surface area (Å²) in [6.07, 6.45) is 2.77. The van der Waals surface area contributed by atoms with Gasteiger partial charge in [0.1, 0.15) is 11.8 Å². The van der Waals surface area contributed by atoms with E-state index in [0.29, 0.717) is 0 Å². The van der Waals surface area contributed by atoms with Crippen molar-refractivity contribution in [3.05, 3.63) is 89.9 Å². The first-order valence-corrected chi connectivity index (χ1v) is 7.30. The van der Waals surface area contributed by atoms with Crippen LogP contribution in [0.3, 0.4) is 0 Å². The summed E-state index contributed by atoms with van der Waals surface area (Å²) in [5.74, 6) is 0.917. The van der Waals surface area contributed by atoms with E-state index in [4.69, 9.17) is 4.42 Å². The highest BCUT2D eigenvalue weighted by Crippen LogP contribution is 2.27. The van der Waals surface area contributed by atoms with Gasteiger partial charge in [0.15, 0.2) is 0 Å². The molecule has 1 unspecified atom stereocenters. The Morgan fingerprint density at radius 1 is 0.905 bits per heavy atom. The van der Waals surface area contributed by atoms with Crippen molar-refractivity contribution in [3.63, 3.8) is 0 Å². The van der Waals surface area contributed by atoms with Gasteiger partial charge in [0.25, 0.3) is 0 Å². The molecule has 2 aromatic carbocycles. The molecule has 0 radical (unpaired) electrons. The summed E-state index contributed by atoms with van der Waals surface area (Å²) >= 11 is 0. The largest absolute Gasteiger partial charge is 0.467 e. The van der Waals surface area contributed by atoms with E-state index >= 15 is 0 Å². The zero-order chi connectivity index (χ0) is 14.5. The van der Waals surface area contributed by atoms with Crippen molar-refractivity contribution in [2.75, 3.05) is 5.32 Å². The Hall–Kier alpha value is -2.48. The Kier molecular flexibility index (Phi) is 4.06. The van der Waals surface area contributed by atoms with Crippen molar-refractivity contribution in [2.45, 2.75) is 19.4 Å². The van der Waals surface area contributed by atoms with Gasteiger partial charge < -0.3 is 9.73 Å².